The van der Waals surface area contributed by atoms with E-state index >= 15 is 0 Å². The van der Waals surface area contributed by atoms with Gasteiger partial charge in [0.1, 0.15) is 6.54 Å². The van der Waals surface area contributed by atoms with Gasteiger partial charge >= 0.3 is 0 Å². The molecule has 0 atom stereocenters. The molecule has 32 heavy (non-hydrogen) atoms. The molecule has 0 radical (unpaired) electrons. The van der Waals surface area contributed by atoms with Crippen LogP contribution < -0.4 is 5.32 Å². The zero-order valence-corrected chi connectivity index (χ0v) is 19.6. The number of hydrogen-bond acceptors (Lipinski definition) is 4. The Kier molecular flexibility index (Phi) is 6.55. The molecule has 7 heteroatoms. The van der Waals surface area contributed by atoms with Crippen LogP contribution in [0.15, 0.2) is 35.2 Å². The third kappa shape index (κ3) is 4.67. The number of aromatic nitrogens is 1. The SMILES string of the molecule is Cc1ccc(NC(=O)CN2C(=O)SC(=Cc3cc(C)n(C4CCCCC4)c3C)C2=O)cc1. The fraction of sp³-hybridized carbons (Fsp3) is 0.400. The van der Waals surface area contributed by atoms with Gasteiger partial charge in [0.05, 0.1) is 4.91 Å². The molecular formula is C25H29N3O3S. The van der Waals surface area contributed by atoms with E-state index in [9.17, 15) is 14.4 Å². The molecule has 3 amide bonds. The zero-order chi connectivity index (χ0) is 22.8. The van der Waals surface area contributed by atoms with Gasteiger partial charge in [-0.1, -0.05) is 37.0 Å². The molecule has 2 fully saturated rings. The fourth-order valence-electron chi connectivity index (χ4n) is 4.61. The van der Waals surface area contributed by atoms with Crippen LogP contribution in [0.25, 0.3) is 6.08 Å². The Morgan fingerprint density at radius 2 is 1.78 bits per heavy atom. The summed E-state index contributed by atoms with van der Waals surface area (Å²) < 4.78 is 2.38. The van der Waals surface area contributed by atoms with Crippen molar-refractivity contribution in [3.63, 3.8) is 0 Å². The van der Waals surface area contributed by atoms with E-state index in [0.717, 1.165) is 33.5 Å². The smallest absolute Gasteiger partial charge is 0.294 e. The van der Waals surface area contributed by atoms with Crippen LogP contribution in [0.5, 0.6) is 0 Å². The Bertz CT molecular complexity index is 1080. The molecule has 1 aromatic heterocycles. The monoisotopic (exact) mass is 451 g/mol. The molecule has 1 aromatic carbocycles. The van der Waals surface area contributed by atoms with Gasteiger partial charge in [-0.25, -0.2) is 0 Å². The molecule has 2 aliphatic rings. The summed E-state index contributed by atoms with van der Waals surface area (Å²) in [7, 11) is 0. The van der Waals surface area contributed by atoms with Crippen molar-refractivity contribution in [2.24, 2.45) is 0 Å². The molecule has 1 saturated heterocycles. The van der Waals surface area contributed by atoms with Gasteiger partial charge in [-0.3, -0.25) is 19.3 Å². The Morgan fingerprint density at radius 3 is 2.47 bits per heavy atom. The first-order valence-corrected chi connectivity index (χ1v) is 12.0. The van der Waals surface area contributed by atoms with E-state index in [4.69, 9.17) is 0 Å². The predicted octanol–water partition coefficient (Wildman–Crippen LogP) is 5.59. The minimum atomic E-state index is -0.415. The largest absolute Gasteiger partial charge is 0.346 e. The van der Waals surface area contributed by atoms with Gasteiger partial charge < -0.3 is 9.88 Å². The summed E-state index contributed by atoms with van der Waals surface area (Å²) in [6, 6.07) is 9.96. The quantitative estimate of drug-likeness (QED) is 0.601. The topological polar surface area (TPSA) is 71.4 Å². The van der Waals surface area contributed by atoms with Crippen LogP contribution in [0, 0.1) is 20.8 Å². The lowest BCUT2D eigenvalue weighted by Gasteiger charge is -2.26. The highest BCUT2D eigenvalue weighted by Crippen LogP contribution is 2.36. The van der Waals surface area contributed by atoms with Crippen molar-refractivity contribution in [2.75, 3.05) is 11.9 Å². The number of rotatable bonds is 5. The Morgan fingerprint density at radius 1 is 1.09 bits per heavy atom. The van der Waals surface area contributed by atoms with E-state index in [0.29, 0.717) is 16.6 Å². The van der Waals surface area contributed by atoms with Crippen molar-refractivity contribution in [3.8, 4) is 0 Å². The van der Waals surface area contributed by atoms with E-state index in [1.165, 1.54) is 37.8 Å². The number of amides is 3. The number of carbonyl (C=O) groups is 3. The number of carbonyl (C=O) groups excluding carboxylic acids is 3. The molecule has 1 aliphatic carbocycles. The first-order valence-electron chi connectivity index (χ1n) is 11.1. The van der Waals surface area contributed by atoms with Crippen LogP contribution in [0.2, 0.25) is 0 Å². The van der Waals surface area contributed by atoms with Gasteiger partial charge in [0.2, 0.25) is 5.91 Å². The third-order valence-corrected chi connectivity index (χ3v) is 7.17. The van der Waals surface area contributed by atoms with Gasteiger partial charge in [-0.15, -0.1) is 0 Å². The molecule has 1 N–H and O–H groups in total. The standard InChI is InChI=1S/C25H29N3O3S/c1-16-9-11-20(12-10-16)26-23(29)15-27-24(30)22(32-25(27)31)14-19-13-17(2)28(18(19)3)21-7-5-4-6-8-21/h9-14,21H,4-8,15H2,1-3H3,(H,26,29). The van der Waals surface area contributed by atoms with Crippen LogP contribution >= 0.6 is 11.8 Å². The second kappa shape index (κ2) is 9.36. The average molecular weight is 452 g/mol. The maximum Gasteiger partial charge on any atom is 0.294 e. The molecule has 2 heterocycles. The molecule has 1 aliphatic heterocycles. The first kappa shape index (κ1) is 22.4. The molecule has 0 spiro atoms. The molecular weight excluding hydrogens is 422 g/mol. The highest BCUT2D eigenvalue weighted by molar-refractivity contribution is 8.18. The predicted molar refractivity (Wildman–Crippen MR) is 129 cm³/mol. The van der Waals surface area contributed by atoms with Crippen LogP contribution in [0.1, 0.15) is 60.7 Å². The lowest BCUT2D eigenvalue weighted by Crippen LogP contribution is -2.36. The van der Waals surface area contributed by atoms with Crippen LogP contribution in [0.4, 0.5) is 10.5 Å². The summed E-state index contributed by atoms with van der Waals surface area (Å²) in [5.41, 5.74) is 4.98. The summed E-state index contributed by atoms with van der Waals surface area (Å²) >= 11 is 0.896. The number of benzene rings is 1. The van der Waals surface area contributed by atoms with Crippen LogP contribution in [-0.2, 0) is 9.59 Å². The van der Waals surface area contributed by atoms with E-state index in [2.05, 4.69) is 29.8 Å². The molecule has 168 valence electrons. The van der Waals surface area contributed by atoms with E-state index in [1.54, 1.807) is 18.2 Å². The van der Waals surface area contributed by atoms with Crippen molar-refractivity contribution in [1.29, 1.82) is 0 Å². The normalized spacial score (nSPS) is 18.6. The highest BCUT2D eigenvalue weighted by atomic mass is 32.2. The number of thioether (sulfide) groups is 1. The average Bonchev–Trinajstić information content (AvgIpc) is 3.19. The third-order valence-electron chi connectivity index (χ3n) is 6.26. The number of anilines is 1. The van der Waals surface area contributed by atoms with Gasteiger partial charge in [0.15, 0.2) is 0 Å². The minimum absolute atomic E-state index is 0.295. The fourth-order valence-corrected chi connectivity index (χ4v) is 5.44. The Balaban J connectivity index is 1.47. The number of nitrogens with one attached hydrogen (secondary N) is 1. The molecule has 6 nitrogen and oxygen atoms in total. The number of hydrogen-bond donors (Lipinski definition) is 1. The summed E-state index contributed by atoms with van der Waals surface area (Å²) in [5.74, 6) is -0.811. The molecule has 0 bridgehead atoms. The van der Waals surface area contributed by atoms with Gasteiger partial charge in [0, 0.05) is 23.1 Å². The summed E-state index contributed by atoms with van der Waals surface area (Å²) in [6.45, 7) is 5.84. The lowest BCUT2D eigenvalue weighted by atomic mass is 9.95. The Labute approximate surface area is 193 Å². The molecule has 2 aromatic rings. The Hall–Kier alpha value is -2.80. The van der Waals surface area contributed by atoms with Crippen molar-refractivity contribution >= 4 is 40.6 Å². The minimum Gasteiger partial charge on any atom is -0.346 e. The van der Waals surface area contributed by atoms with Crippen molar-refractivity contribution in [3.05, 3.63) is 57.8 Å². The lowest BCUT2D eigenvalue weighted by molar-refractivity contribution is -0.127. The molecule has 0 unspecified atom stereocenters. The molecule has 4 rings (SSSR count). The maximum absolute atomic E-state index is 12.9. The number of imide groups is 1. The second-order valence-corrected chi connectivity index (χ2v) is 9.66. The van der Waals surface area contributed by atoms with Crippen molar-refractivity contribution in [2.45, 2.75) is 58.9 Å². The van der Waals surface area contributed by atoms with E-state index in [1.807, 2.05) is 19.1 Å². The van der Waals surface area contributed by atoms with E-state index in [-0.39, 0.29) is 6.54 Å². The summed E-state index contributed by atoms with van der Waals surface area (Å²) in [4.78, 5) is 39.1. The first-order chi connectivity index (χ1) is 15.3. The van der Waals surface area contributed by atoms with Gasteiger partial charge in [0.25, 0.3) is 11.1 Å². The van der Waals surface area contributed by atoms with Crippen LogP contribution in [0.3, 0.4) is 0 Å². The number of nitrogens with zero attached hydrogens (tertiary/aromatic N) is 2. The summed E-state index contributed by atoms with van der Waals surface area (Å²) in [5, 5.41) is 2.33. The second-order valence-electron chi connectivity index (χ2n) is 8.67. The van der Waals surface area contributed by atoms with Gasteiger partial charge in [-0.2, -0.15) is 0 Å². The summed E-state index contributed by atoms with van der Waals surface area (Å²) in [6.07, 6.45) is 7.96. The van der Waals surface area contributed by atoms with Crippen molar-refractivity contribution < 1.29 is 14.4 Å². The van der Waals surface area contributed by atoms with Crippen LogP contribution in [-0.4, -0.2) is 33.1 Å². The van der Waals surface area contributed by atoms with Crippen molar-refractivity contribution in [1.82, 2.24) is 9.47 Å². The highest BCUT2D eigenvalue weighted by Gasteiger charge is 2.36. The number of aryl methyl sites for hydroxylation is 2. The molecule has 1 saturated carbocycles. The van der Waals surface area contributed by atoms with E-state index < -0.39 is 17.1 Å². The maximum atomic E-state index is 12.9. The zero-order valence-electron chi connectivity index (χ0n) is 18.8. The van der Waals surface area contributed by atoms with Gasteiger partial charge in [-0.05, 0) is 75.2 Å².